The molecule has 0 saturated carbocycles. The number of aromatic nitrogens is 1. The van der Waals surface area contributed by atoms with Gasteiger partial charge in [0.05, 0.1) is 22.6 Å². The topological polar surface area (TPSA) is 89.3 Å². The zero-order valence-corrected chi connectivity index (χ0v) is 11.1. The van der Waals surface area contributed by atoms with Gasteiger partial charge in [0.25, 0.3) is 0 Å². The number of morpholine rings is 1. The van der Waals surface area contributed by atoms with Crippen LogP contribution in [0.1, 0.15) is 0 Å². The lowest BCUT2D eigenvalue weighted by Gasteiger charge is -2.24. The average Bonchev–Trinajstić information content (AvgIpc) is 2.38. The molecule has 98 valence electrons. The molecule has 8 heteroatoms. The van der Waals surface area contributed by atoms with Crippen LogP contribution >= 0.6 is 15.9 Å². The Bertz CT molecular complexity index is 437. The zero-order valence-electron chi connectivity index (χ0n) is 9.56. The van der Waals surface area contributed by atoms with Crippen LogP contribution in [0.15, 0.2) is 16.9 Å². The quantitative estimate of drug-likeness (QED) is 0.640. The van der Waals surface area contributed by atoms with Crippen LogP contribution in [0.4, 0.5) is 11.4 Å². The molecule has 1 unspecified atom stereocenters. The van der Waals surface area contributed by atoms with Crippen molar-refractivity contribution in [2.45, 2.75) is 6.04 Å². The first-order valence-electron chi connectivity index (χ1n) is 5.51. The summed E-state index contributed by atoms with van der Waals surface area (Å²) in [5.74, 6) is 0. The summed E-state index contributed by atoms with van der Waals surface area (Å²) in [7, 11) is 0. The lowest BCUT2D eigenvalue weighted by atomic mass is 10.2. The van der Waals surface area contributed by atoms with Gasteiger partial charge in [-0.15, -0.1) is 0 Å². The second-order valence-corrected chi connectivity index (χ2v) is 4.73. The van der Waals surface area contributed by atoms with Gasteiger partial charge >= 0.3 is 5.69 Å². The van der Waals surface area contributed by atoms with Crippen LogP contribution in [0, 0.1) is 10.1 Å². The van der Waals surface area contributed by atoms with Crippen molar-refractivity contribution in [3.05, 3.63) is 27.0 Å². The Hall–Kier alpha value is -1.25. The highest BCUT2D eigenvalue weighted by Gasteiger charge is 2.19. The van der Waals surface area contributed by atoms with Crippen LogP contribution in [0.3, 0.4) is 0 Å². The predicted octanol–water partition coefficient (Wildman–Crippen LogP) is 1.15. The maximum atomic E-state index is 10.9. The van der Waals surface area contributed by atoms with Crippen LogP contribution in [-0.2, 0) is 4.74 Å². The fourth-order valence-electron chi connectivity index (χ4n) is 1.71. The number of nitrogens with one attached hydrogen (secondary N) is 2. The van der Waals surface area contributed by atoms with Crippen molar-refractivity contribution in [3.63, 3.8) is 0 Å². The highest BCUT2D eigenvalue weighted by molar-refractivity contribution is 9.10. The molecule has 2 rings (SSSR count). The predicted molar refractivity (Wildman–Crippen MR) is 69.7 cm³/mol. The van der Waals surface area contributed by atoms with Gasteiger partial charge < -0.3 is 15.4 Å². The third-order valence-corrected chi connectivity index (χ3v) is 3.20. The normalized spacial score (nSPS) is 19.5. The molecule has 0 aromatic carbocycles. The van der Waals surface area contributed by atoms with E-state index in [1.54, 1.807) is 0 Å². The number of hydrogen-bond acceptors (Lipinski definition) is 6. The number of anilines is 1. The van der Waals surface area contributed by atoms with Gasteiger partial charge in [0.15, 0.2) is 0 Å². The van der Waals surface area contributed by atoms with E-state index in [0.29, 0.717) is 29.9 Å². The summed E-state index contributed by atoms with van der Waals surface area (Å²) in [6.07, 6.45) is 2.76. The van der Waals surface area contributed by atoms with Gasteiger partial charge in [0.1, 0.15) is 11.9 Å². The van der Waals surface area contributed by atoms with E-state index in [1.807, 2.05) is 0 Å². The molecule has 1 fully saturated rings. The molecule has 1 saturated heterocycles. The number of pyridine rings is 1. The van der Waals surface area contributed by atoms with Gasteiger partial charge in [0, 0.05) is 25.3 Å². The van der Waals surface area contributed by atoms with E-state index in [1.165, 1.54) is 12.4 Å². The Morgan fingerprint density at radius 3 is 3.17 bits per heavy atom. The molecule has 0 bridgehead atoms. The largest absolute Gasteiger partial charge is 0.378 e. The number of hydrogen-bond donors (Lipinski definition) is 2. The summed E-state index contributed by atoms with van der Waals surface area (Å²) >= 11 is 3.26. The molecule has 1 aliphatic rings. The summed E-state index contributed by atoms with van der Waals surface area (Å²) in [6, 6.07) is 0.151. The molecule has 0 amide bonds. The van der Waals surface area contributed by atoms with E-state index < -0.39 is 4.92 Å². The highest BCUT2D eigenvalue weighted by atomic mass is 79.9. The monoisotopic (exact) mass is 316 g/mol. The summed E-state index contributed by atoms with van der Waals surface area (Å²) in [4.78, 5) is 14.2. The lowest BCUT2D eigenvalue weighted by molar-refractivity contribution is -0.384. The minimum atomic E-state index is -0.453. The van der Waals surface area contributed by atoms with Crippen molar-refractivity contribution in [1.82, 2.24) is 10.3 Å². The van der Waals surface area contributed by atoms with Crippen molar-refractivity contribution in [2.24, 2.45) is 0 Å². The SMILES string of the molecule is O=[N+]([O-])c1cncc(Br)c1NCC1COCCN1. The first kappa shape index (κ1) is 13.2. The smallest absolute Gasteiger partial charge is 0.311 e. The third kappa shape index (κ3) is 3.15. The summed E-state index contributed by atoms with van der Waals surface area (Å²) in [5.41, 5.74) is 0.406. The van der Waals surface area contributed by atoms with Gasteiger partial charge in [-0.2, -0.15) is 0 Å². The molecule has 0 spiro atoms. The summed E-state index contributed by atoms with van der Waals surface area (Å²) < 4.78 is 5.90. The Kier molecular flexibility index (Phi) is 4.45. The first-order chi connectivity index (χ1) is 8.68. The first-order valence-corrected chi connectivity index (χ1v) is 6.30. The van der Waals surface area contributed by atoms with Crippen LogP contribution in [0.5, 0.6) is 0 Å². The van der Waals surface area contributed by atoms with Crippen molar-refractivity contribution < 1.29 is 9.66 Å². The van der Waals surface area contributed by atoms with Crippen molar-refractivity contribution in [2.75, 3.05) is 31.6 Å². The Morgan fingerprint density at radius 2 is 2.50 bits per heavy atom. The molecule has 2 N–H and O–H groups in total. The standard InChI is InChI=1S/C10H13BrN4O3/c11-8-4-12-5-9(15(16)17)10(8)14-3-7-6-18-2-1-13-7/h4-5,7,13H,1-3,6H2,(H,12,14). The molecular formula is C10H13BrN4O3. The van der Waals surface area contributed by atoms with Crippen LogP contribution < -0.4 is 10.6 Å². The number of rotatable bonds is 4. The van der Waals surface area contributed by atoms with Gasteiger partial charge in [-0.05, 0) is 15.9 Å². The zero-order chi connectivity index (χ0) is 13.0. The van der Waals surface area contributed by atoms with Crippen molar-refractivity contribution in [1.29, 1.82) is 0 Å². The van der Waals surface area contributed by atoms with Crippen LogP contribution in [-0.4, -0.2) is 42.3 Å². The minimum absolute atomic E-state index is 0.0406. The number of ether oxygens (including phenoxy) is 1. The van der Waals surface area contributed by atoms with Crippen LogP contribution in [0.2, 0.25) is 0 Å². The van der Waals surface area contributed by atoms with E-state index in [0.717, 1.165) is 6.54 Å². The van der Waals surface area contributed by atoms with E-state index in [4.69, 9.17) is 4.74 Å². The molecule has 0 aliphatic carbocycles. The highest BCUT2D eigenvalue weighted by Crippen LogP contribution is 2.30. The number of nitrogens with zero attached hydrogens (tertiary/aromatic N) is 2. The van der Waals surface area contributed by atoms with Crippen LogP contribution in [0.25, 0.3) is 0 Å². The Morgan fingerprint density at radius 1 is 1.67 bits per heavy atom. The van der Waals surface area contributed by atoms with Gasteiger partial charge in [0.2, 0.25) is 0 Å². The average molecular weight is 317 g/mol. The molecule has 7 nitrogen and oxygen atoms in total. The molecule has 0 radical (unpaired) electrons. The molecule has 1 atom stereocenters. The molecular weight excluding hydrogens is 304 g/mol. The molecule has 18 heavy (non-hydrogen) atoms. The lowest BCUT2D eigenvalue weighted by Crippen LogP contribution is -2.45. The number of nitro groups is 1. The minimum Gasteiger partial charge on any atom is -0.378 e. The third-order valence-electron chi connectivity index (χ3n) is 2.60. The van der Waals surface area contributed by atoms with Gasteiger partial charge in [-0.25, -0.2) is 0 Å². The maximum Gasteiger partial charge on any atom is 0.311 e. The van der Waals surface area contributed by atoms with Gasteiger partial charge in [-0.1, -0.05) is 0 Å². The summed E-state index contributed by atoms with van der Waals surface area (Å²) in [5, 5.41) is 17.2. The summed E-state index contributed by atoms with van der Waals surface area (Å²) in [6.45, 7) is 2.66. The molecule has 1 aromatic rings. The molecule has 2 heterocycles. The van der Waals surface area contributed by atoms with Crippen molar-refractivity contribution in [3.8, 4) is 0 Å². The fourth-order valence-corrected chi connectivity index (χ4v) is 2.18. The second kappa shape index (κ2) is 6.07. The fraction of sp³-hybridized carbons (Fsp3) is 0.500. The van der Waals surface area contributed by atoms with E-state index in [2.05, 4.69) is 31.5 Å². The second-order valence-electron chi connectivity index (χ2n) is 3.88. The Labute approximate surface area is 112 Å². The maximum absolute atomic E-state index is 10.9. The van der Waals surface area contributed by atoms with Gasteiger partial charge in [-0.3, -0.25) is 15.1 Å². The Balaban J connectivity index is 2.05. The molecule has 1 aromatic heterocycles. The van der Waals surface area contributed by atoms with Crippen molar-refractivity contribution >= 4 is 27.3 Å². The molecule has 1 aliphatic heterocycles. The van der Waals surface area contributed by atoms with E-state index in [-0.39, 0.29) is 11.7 Å². The number of halogens is 1. The van der Waals surface area contributed by atoms with E-state index in [9.17, 15) is 10.1 Å². The van der Waals surface area contributed by atoms with E-state index >= 15 is 0 Å².